The van der Waals surface area contributed by atoms with Crippen molar-refractivity contribution in [1.82, 2.24) is 9.97 Å². The Balaban J connectivity index is 1.85. The van der Waals surface area contributed by atoms with Gasteiger partial charge < -0.3 is 10.5 Å². The van der Waals surface area contributed by atoms with Gasteiger partial charge in [0.1, 0.15) is 0 Å². The van der Waals surface area contributed by atoms with Crippen LogP contribution in [-0.2, 0) is 6.42 Å². The predicted octanol–water partition coefficient (Wildman–Crippen LogP) is 2.35. The van der Waals surface area contributed by atoms with Gasteiger partial charge in [-0.05, 0) is 30.5 Å². The molecule has 0 saturated carbocycles. The van der Waals surface area contributed by atoms with Gasteiger partial charge in [0, 0.05) is 18.5 Å². The molecule has 2 heterocycles. The van der Waals surface area contributed by atoms with Gasteiger partial charge in [0.05, 0.1) is 6.61 Å². The number of aromatic nitrogens is 2. The van der Waals surface area contributed by atoms with Crippen molar-refractivity contribution < 1.29 is 13.5 Å². The van der Waals surface area contributed by atoms with E-state index in [0.29, 0.717) is 12.5 Å². The van der Waals surface area contributed by atoms with Gasteiger partial charge in [-0.1, -0.05) is 0 Å². The van der Waals surface area contributed by atoms with Crippen LogP contribution >= 0.6 is 0 Å². The second-order valence-corrected chi connectivity index (χ2v) is 3.95. The highest BCUT2D eigenvalue weighted by Gasteiger charge is 2.10. The molecule has 6 heteroatoms. The lowest BCUT2D eigenvalue weighted by molar-refractivity contribution is 0.282. The van der Waals surface area contributed by atoms with Crippen LogP contribution in [0.2, 0.25) is 0 Å². The van der Waals surface area contributed by atoms with Crippen LogP contribution in [-0.4, -0.2) is 16.6 Å². The quantitative estimate of drug-likeness (QED) is 0.843. The van der Waals surface area contributed by atoms with Crippen LogP contribution in [0.25, 0.3) is 0 Å². The van der Waals surface area contributed by atoms with E-state index in [1.54, 1.807) is 12.4 Å². The number of halogens is 2. The molecule has 0 unspecified atom stereocenters. The van der Waals surface area contributed by atoms with Crippen LogP contribution in [0, 0.1) is 11.6 Å². The van der Waals surface area contributed by atoms with Gasteiger partial charge in [0.2, 0.25) is 0 Å². The van der Waals surface area contributed by atoms with Gasteiger partial charge >= 0.3 is 0 Å². The summed E-state index contributed by atoms with van der Waals surface area (Å²) in [6.45, 7) is 0.275. The maximum absolute atomic E-state index is 13.3. The highest BCUT2D eigenvalue weighted by molar-refractivity contribution is 5.34. The maximum atomic E-state index is 13.3. The Morgan fingerprint density at radius 1 is 1.16 bits per heavy atom. The number of rotatable bonds is 5. The van der Waals surface area contributed by atoms with Crippen LogP contribution in [0.1, 0.15) is 12.0 Å². The van der Waals surface area contributed by atoms with E-state index in [2.05, 4.69) is 9.97 Å². The Morgan fingerprint density at radius 2 is 1.89 bits per heavy atom. The van der Waals surface area contributed by atoms with Crippen LogP contribution in [0.15, 0.2) is 30.6 Å². The molecule has 0 aliphatic heterocycles. The first-order valence-electron chi connectivity index (χ1n) is 5.80. The molecule has 0 spiro atoms. The second-order valence-electron chi connectivity index (χ2n) is 3.95. The summed E-state index contributed by atoms with van der Waals surface area (Å²) >= 11 is 0. The Hall–Kier alpha value is -2.24. The third-order valence-corrected chi connectivity index (χ3v) is 2.52. The van der Waals surface area contributed by atoms with E-state index in [1.807, 2.05) is 12.1 Å². The summed E-state index contributed by atoms with van der Waals surface area (Å²) in [7, 11) is 0. The van der Waals surface area contributed by atoms with Crippen molar-refractivity contribution in [1.29, 1.82) is 0 Å². The zero-order chi connectivity index (χ0) is 13.7. The third-order valence-electron chi connectivity index (χ3n) is 2.52. The molecule has 0 aliphatic rings. The zero-order valence-corrected chi connectivity index (χ0v) is 10.1. The summed E-state index contributed by atoms with van der Waals surface area (Å²) in [4.78, 5) is 7.42. The molecule has 0 amide bonds. The fourth-order valence-corrected chi connectivity index (χ4v) is 1.56. The topological polar surface area (TPSA) is 61.0 Å². The average molecular weight is 265 g/mol. The number of ether oxygens (including phenoxy) is 1. The molecule has 2 aromatic heterocycles. The van der Waals surface area contributed by atoms with Crippen molar-refractivity contribution in [3.8, 4) is 5.88 Å². The smallest absolute Gasteiger partial charge is 0.252 e. The zero-order valence-electron chi connectivity index (χ0n) is 10.1. The molecule has 19 heavy (non-hydrogen) atoms. The van der Waals surface area contributed by atoms with E-state index in [4.69, 9.17) is 10.5 Å². The van der Waals surface area contributed by atoms with Gasteiger partial charge in [-0.25, -0.2) is 8.78 Å². The van der Waals surface area contributed by atoms with Crippen LogP contribution in [0.5, 0.6) is 5.88 Å². The lowest BCUT2D eigenvalue weighted by atomic mass is 10.1. The first-order chi connectivity index (χ1) is 9.16. The molecule has 0 atom stereocenters. The van der Waals surface area contributed by atoms with Crippen molar-refractivity contribution in [2.45, 2.75) is 12.8 Å². The number of nitrogens with two attached hydrogens (primary N) is 1. The standard InChI is InChI=1S/C13H13F2N3O/c14-10-8-11(15)13(18-12(10)16)19-7-1-2-9-3-5-17-6-4-9/h3-6,8H,1-2,7H2,(H2,16,18). The number of hydrogen-bond donors (Lipinski definition) is 1. The minimum Gasteiger partial charge on any atom is -0.476 e. The van der Waals surface area contributed by atoms with Crippen LogP contribution in [0.3, 0.4) is 0 Å². The molecule has 0 radical (unpaired) electrons. The molecule has 2 N–H and O–H groups in total. The van der Waals surface area contributed by atoms with E-state index < -0.39 is 11.6 Å². The maximum Gasteiger partial charge on any atom is 0.252 e. The van der Waals surface area contributed by atoms with E-state index in [0.717, 1.165) is 12.0 Å². The predicted molar refractivity (Wildman–Crippen MR) is 66.6 cm³/mol. The number of pyridine rings is 2. The van der Waals surface area contributed by atoms with Crippen molar-refractivity contribution >= 4 is 5.82 Å². The molecule has 2 rings (SSSR count). The fourth-order valence-electron chi connectivity index (χ4n) is 1.56. The highest BCUT2D eigenvalue weighted by atomic mass is 19.1. The second kappa shape index (κ2) is 6.08. The third kappa shape index (κ3) is 3.61. The molecule has 0 aliphatic carbocycles. The Bertz CT molecular complexity index is 549. The largest absolute Gasteiger partial charge is 0.476 e. The summed E-state index contributed by atoms with van der Waals surface area (Å²) in [5.41, 5.74) is 6.36. The number of anilines is 1. The van der Waals surface area contributed by atoms with Crippen LogP contribution in [0.4, 0.5) is 14.6 Å². The molecule has 100 valence electrons. The normalized spacial score (nSPS) is 10.4. The van der Waals surface area contributed by atoms with Gasteiger partial charge in [-0.2, -0.15) is 4.98 Å². The fraction of sp³-hybridized carbons (Fsp3) is 0.231. The van der Waals surface area contributed by atoms with Crippen molar-refractivity contribution in [2.75, 3.05) is 12.3 Å². The molecular formula is C13H13F2N3O. The molecule has 0 aromatic carbocycles. The number of nitrogens with zero attached hydrogens (tertiary/aromatic N) is 2. The first kappa shape index (κ1) is 13.2. The average Bonchev–Trinajstić information content (AvgIpc) is 2.41. The van der Waals surface area contributed by atoms with Gasteiger partial charge in [-0.15, -0.1) is 0 Å². The number of aryl methyl sites for hydroxylation is 1. The van der Waals surface area contributed by atoms with Crippen molar-refractivity contribution in [3.63, 3.8) is 0 Å². The minimum absolute atomic E-state index is 0.270. The van der Waals surface area contributed by atoms with E-state index in [1.165, 1.54) is 0 Å². The lowest BCUT2D eigenvalue weighted by Gasteiger charge is -2.07. The van der Waals surface area contributed by atoms with E-state index in [9.17, 15) is 8.78 Å². The molecule has 2 aromatic rings. The van der Waals surface area contributed by atoms with Crippen molar-refractivity contribution in [3.05, 3.63) is 47.8 Å². The number of hydrogen-bond acceptors (Lipinski definition) is 4. The van der Waals surface area contributed by atoms with Gasteiger partial charge in [-0.3, -0.25) is 4.98 Å². The molecule has 0 fully saturated rings. The molecule has 4 nitrogen and oxygen atoms in total. The summed E-state index contributed by atoms with van der Waals surface area (Å²) < 4.78 is 31.3. The van der Waals surface area contributed by atoms with E-state index >= 15 is 0 Å². The lowest BCUT2D eigenvalue weighted by Crippen LogP contribution is -2.05. The number of nitrogen functional groups attached to an aromatic ring is 1. The van der Waals surface area contributed by atoms with E-state index in [-0.39, 0.29) is 18.3 Å². The highest BCUT2D eigenvalue weighted by Crippen LogP contribution is 2.18. The van der Waals surface area contributed by atoms with Gasteiger partial charge in [0.15, 0.2) is 17.5 Å². The Kier molecular flexibility index (Phi) is 4.22. The Morgan fingerprint density at radius 3 is 2.63 bits per heavy atom. The van der Waals surface area contributed by atoms with Gasteiger partial charge in [0.25, 0.3) is 5.88 Å². The first-order valence-corrected chi connectivity index (χ1v) is 5.80. The SMILES string of the molecule is Nc1nc(OCCCc2ccncc2)c(F)cc1F. The summed E-state index contributed by atoms with van der Waals surface area (Å²) in [6, 6.07) is 4.46. The molecular weight excluding hydrogens is 252 g/mol. The summed E-state index contributed by atoms with van der Waals surface area (Å²) in [5, 5.41) is 0. The monoisotopic (exact) mass is 265 g/mol. The molecule has 0 saturated heterocycles. The van der Waals surface area contributed by atoms with Crippen LogP contribution < -0.4 is 10.5 Å². The minimum atomic E-state index is -0.887. The van der Waals surface area contributed by atoms with Crippen molar-refractivity contribution in [2.24, 2.45) is 0 Å². The summed E-state index contributed by atoms with van der Waals surface area (Å²) in [6.07, 6.45) is 4.87. The molecule has 0 bridgehead atoms. The summed E-state index contributed by atoms with van der Waals surface area (Å²) in [5.74, 6) is -2.38. The Labute approximate surface area is 109 Å².